The normalized spacial score (nSPS) is 16.1. The van der Waals surface area contributed by atoms with E-state index in [2.05, 4.69) is 0 Å². The number of halogens is 34. The van der Waals surface area contributed by atoms with E-state index in [1.165, 1.54) is 0 Å². The van der Waals surface area contributed by atoms with E-state index in [0.29, 0.717) is 22.7 Å². The summed E-state index contributed by atoms with van der Waals surface area (Å²) >= 11 is 0.493. The number of allylic oxidation sites excluding steroid dienone is 2. The van der Waals surface area contributed by atoms with Crippen LogP contribution in [0, 0.1) is 0 Å². The van der Waals surface area contributed by atoms with E-state index in [1.54, 1.807) is 0 Å². The van der Waals surface area contributed by atoms with Crippen LogP contribution in [0.25, 0.3) is 31.7 Å². The van der Waals surface area contributed by atoms with Gasteiger partial charge in [0.2, 0.25) is 0 Å². The summed E-state index contributed by atoms with van der Waals surface area (Å²) in [5, 5.41) is 1.88. The fraction of sp³-hybridized carbons (Fsp3) is 0.500. The second kappa shape index (κ2) is 16.9. The average Bonchev–Trinajstić information content (AvgIpc) is 3.96. The lowest BCUT2D eigenvalue weighted by atomic mass is 9.88. The van der Waals surface area contributed by atoms with Crippen LogP contribution in [0.15, 0.2) is 47.2 Å². The molecule has 0 radical (unpaired) electrons. The monoisotopic (exact) mass is 1140 g/mol. The lowest BCUT2D eigenvalue weighted by Crippen LogP contribution is -2.74. The molecule has 0 aliphatic heterocycles. The smallest absolute Gasteiger partial charge is 0.195 e. The number of alkyl halides is 34. The van der Waals surface area contributed by atoms with Crippen molar-refractivity contribution < 1.29 is 149 Å². The van der Waals surface area contributed by atoms with E-state index in [0.717, 1.165) is 35.0 Å². The van der Waals surface area contributed by atoms with Crippen molar-refractivity contribution >= 4 is 46.2 Å². The van der Waals surface area contributed by atoms with Crippen molar-refractivity contribution in [3.05, 3.63) is 58.3 Å². The van der Waals surface area contributed by atoms with Gasteiger partial charge in [0.05, 0.1) is 9.75 Å². The molecule has 0 nitrogen and oxygen atoms in total. The number of thiophene rings is 3. The topological polar surface area (TPSA) is 0 Å². The van der Waals surface area contributed by atoms with E-state index >= 15 is 0 Å². The molecule has 0 bridgehead atoms. The summed E-state index contributed by atoms with van der Waals surface area (Å²) in [4.78, 5) is -3.11. The Morgan fingerprint density at radius 1 is 0.290 bits per heavy atom. The highest BCUT2D eigenvalue weighted by Crippen LogP contribution is 2.66. The maximum atomic E-state index is 15.0. The maximum Gasteiger partial charge on any atom is 0.460 e. The van der Waals surface area contributed by atoms with Crippen LogP contribution in [0.1, 0.15) is 11.1 Å². The highest BCUT2D eigenvalue weighted by Gasteiger charge is 2.96. The molecule has 69 heavy (non-hydrogen) atoms. The quantitative estimate of drug-likeness (QED) is 0.111. The van der Waals surface area contributed by atoms with Crippen molar-refractivity contribution in [2.45, 2.75) is 95.3 Å². The van der Waals surface area contributed by atoms with Gasteiger partial charge < -0.3 is 0 Å². The molecular weight excluding hydrogens is 1130 g/mol. The summed E-state index contributed by atoms with van der Waals surface area (Å²) in [6.07, 6.45) is -21.9. The van der Waals surface area contributed by atoms with Crippen LogP contribution in [-0.4, -0.2) is 95.3 Å². The van der Waals surface area contributed by atoms with Gasteiger partial charge in [0.1, 0.15) is 0 Å². The third-order valence-corrected chi connectivity index (χ3v) is 12.2. The Bertz CT molecular complexity index is 2170. The lowest BCUT2D eigenvalue weighted by molar-refractivity contribution is -0.459. The molecule has 3 aromatic rings. The fourth-order valence-electron chi connectivity index (χ4n) is 4.91. The minimum absolute atomic E-state index is 0.116. The SMILES string of the molecule is FC(F)(F)C(F)(F)C(F)(F)C(F)(F)C(F)(F)C(F)(F)C(F)(F)C(F)(F)/C=C/c1c(-c2cccs2)sc(-c2cccs2)c1/C=C/C(F)(F)C(F)(F)C(F)(F)C(F)(F)C(F)(F)C(F)(F)C(F)(F)C(F)(F)F. The first-order valence-electron chi connectivity index (χ1n) is 16.2. The summed E-state index contributed by atoms with van der Waals surface area (Å²) in [5.74, 6) is -121. The molecule has 0 aliphatic carbocycles. The molecule has 37 heteroatoms. The summed E-state index contributed by atoms with van der Waals surface area (Å²) in [5.41, 5.74) is -3.43. The minimum Gasteiger partial charge on any atom is -0.195 e. The maximum absolute atomic E-state index is 15.0. The molecule has 3 heterocycles. The van der Waals surface area contributed by atoms with Crippen molar-refractivity contribution in [2.75, 3.05) is 0 Å². The first-order valence-corrected chi connectivity index (χ1v) is 18.8. The van der Waals surface area contributed by atoms with Gasteiger partial charge in [-0.2, -0.15) is 149 Å². The average molecular weight is 1140 g/mol. The zero-order valence-electron chi connectivity index (χ0n) is 30.8. The Kier molecular flexibility index (Phi) is 14.6. The highest BCUT2D eigenvalue weighted by atomic mass is 32.1. The molecule has 0 unspecified atom stereocenters. The summed E-state index contributed by atoms with van der Waals surface area (Å²) in [6, 6.07) is 3.36. The number of hydrogen-bond donors (Lipinski definition) is 0. The molecule has 0 saturated carbocycles. The molecule has 0 saturated heterocycles. The molecule has 0 spiro atoms. The molecule has 394 valence electrons. The molecule has 0 atom stereocenters. The van der Waals surface area contributed by atoms with E-state index in [-0.39, 0.29) is 11.3 Å². The van der Waals surface area contributed by atoms with Gasteiger partial charge in [0.25, 0.3) is 0 Å². The third kappa shape index (κ3) is 8.38. The Morgan fingerprint density at radius 2 is 0.507 bits per heavy atom. The molecule has 3 aromatic heterocycles. The highest BCUT2D eigenvalue weighted by molar-refractivity contribution is 7.26. The minimum atomic E-state index is -9.11. The van der Waals surface area contributed by atoms with Crippen LogP contribution < -0.4 is 0 Å². The molecule has 0 amide bonds. The number of hydrogen-bond acceptors (Lipinski definition) is 3. The van der Waals surface area contributed by atoms with Gasteiger partial charge in [-0.15, -0.1) is 34.0 Å². The van der Waals surface area contributed by atoms with Crippen molar-refractivity contribution in [1.82, 2.24) is 0 Å². The Labute approximate surface area is 368 Å². The molecular formula is C32H10F34S3. The van der Waals surface area contributed by atoms with Crippen molar-refractivity contribution in [1.29, 1.82) is 0 Å². The van der Waals surface area contributed by atoms with Crippen LogP contribution in [0.5, 0.6) is 0 Å². The molecule has 0 fully saturated rings. The van der Waals surface area contributed by atoms with Crippen molar-refractivity contribution in [3.8, 4) is 19.5 Å². The predicted octanol–water partition coefficient (Wildman–Crippen LogP) is 17.3. The summed E-state index contributed by atoms with van der Waals surface area (Å²) in [6.45, 7) is 0. The van der Waals surface area contributed by atoms with Crippen molar-refractivity contribution in [3.63, 3.8) is 0 Å². The van der Waals surface area contributed by atoms with E-state index in [4.69, 9.17) is 0 Å². The largest absolute Gasteiger partial charge is 0.460 e. The second-order valence-corrected chi connectivity index (χ2v) is 16.3. The van der Waals surface area contributed by atoms with E-state index in [9.17, 15) is 149 Å². The van der Waals surface area contributed by atoms with Gasteiger partial charge in [-0.1, -0.05) is 24.3 Å². The Morgan fingerprint density at radius 3 is 0.710 bits per heavy atom. The Balaban J connectivity index is 2.34. The van der Waals surface area contributed by atoms with Crippen LogP contribution in [-0.2, 0) is 0 Å². The molecule has 0 aromatic carbocycles. The molecule has 0 aliphatic rings. The second-order valence-electron chi connectivity index (χ2n) is 13.3. The van der Waals surface area contributed by atoms with E-state index in [1.807, 2.05) is 0 Å². The van der Waals surface area contributed by atoms with Gasteiger partial charge in [-0.3, -0.25) is 0 Å². The summed E-state index contributed by atoms with van der Waals surface area (Å²) < 4.78 is 471. The molecule has 3 rings (SSSR count). The first-order chi connectivity index (χ1) is 30.1. The van der Waals surface area contributed by atoms with Crippen LogP contribution in [0.3, 0.4) is 0 Å². The Hall–Kier alpha value is -3.80. The summed E-state index contributed by atoms with van der Waals surface area (Å²) in [7, 11) is 0. The molecule has 0 N–H and O–H groups in total. The van der Waals surface area contributed by atoms with Gasteiger partial charge >= 0.3 is 95.3 Å². The van der Waals surface area contributed by atoms with Gasteiger partial charge in [-0.05, 0) is 35.0 Å². The van der Waals surface area contributed by atoms with Crippen molar-refractivity contribution in [2.24, 2.45) is 0 Å². The number of rotatable bonds is 18. The first kappa shape index (κ1) is 59.5. The van der Waals surface area contributed by atoms with Gasteiger partial charge in [0.15, 0.2) is 0 Å². The lowest BCUT2D eigenvalue weighted by Gasteiger charge is -2.42. The standard InChI is InChI=1S/C32H10F34S3/c33-17(34,19(37,38)21(41,42)23(45,46)25(49,50)27(53,54)29(57,58)31(61,62)63)7-5-11-12(16(14-4-2-10-68-14)69-15(11)13-3-1-9-67-13)6-8-18(35,36)20(39,40)22(43,44)24(47,48)26(51,52)28(55,56)30(59,60)32(64,65)66/h1-10H/b7-5+,8-6+. The van der Waals surface area contributed by atoms with Crippen LogP contribution in [0.4, 0.5) is 149 Å². The third-order valence-electron chi connectivity index (χ3n) is 8.88. The van der Waals surface area contributed by atoms with Crippen LogP contribution in [0.2, 0.25) is 0 Å². The fourth-order valence-corrected chi connectivity index (χ4v) is 7.92. The van der Waals surface area contributed by atoms with E-state index < -0.39 is 150 Å². The predicted molar refractivity (Wildman–Crippen MR) is 170 cm³/mol. The van der Waals surface area contributed by atoms with Gasteiger partial charge in [-0.25, -0.2) is 0 Å². The van der Waals surface area contributed by atoms with Gasteiger partial charge in [0, 0.05) is 20.9 Å². The zero-order chi connectivity index (χ0) is 54.7. The zero-order valence-corrected chi connectivity index (χ0v) is 33.3. The van der Waals surface area contributed by atoms with Crippen LogP contribution >= 0.6 is 34.0 Å².